The van der Waals surface area contributed by atoms with Crippen molar-refractivity contribution < 1.29 is 22.3 Å². The highest BCUT2D eigenvalue weighted by atomic mass is 32.2. The van der Waals surface area contributed by atoms with Crippen LogP contribution in [0.2, 0.25) is 0 Å². The van der Waals surface area contributed by atoms with Gasteiger partial charge in [0.25, 0.3) is 0 Å². The number of hydrogen-bond donors (Lipinski definition) is 1. The number of ether oxygens (including phenoxy) is 2. The minimum atomic E-state index is -3.39. The molecular weight excluding hydrogens is 393 g/mol. The van der Waals surface area contributed by atoms with Crippen LogP contribution in [0, 0.1) is 5.82 Å². The SMILES string of the molecule is CCOc1ccccc1-c1ccc(OC2CCCC2NS(=O)(=O)C(C)C)cc1F. The molecule has 0 bridgehead atoms. The smallest absolute Gasteiger partial charge is 0.214 e. The molecule has 29 heavy (non-hydrogen) atoms. The summed E-state index contributed by atoms with van der Waals surface area (Å²) in [7, 11) is -3.39. The first-order valence-electron chi connectivity index (χ1n) is 10.0. The summed E-state index contributed by atoms with van der Waals surface area (Å²) in [5, 5.41) is -0.508. The van der Waals surface area contributed by atoms with Gasteiger partial charge in [0.2, 0.25) is 10.0 Å². The van der Waals surface area contributed by atoms with E-state index in [-0.39, 0.29) is 12.1 Å². The van der Waals surface area contributed by atoms with Gasteiger partial charge in [0.1, 0.15) is 23.4 Å². The summed E-state index contributed by atoms with van der Waals surface area (Å²) in [6, 6.07) is 11.8. The Hall–Kier alpha value is -2.12. The van der Waals surface area contributed by atoms with Crippen LogP contribution in [0.25, 0.3) is 11.1 Å². The van der Waals surface area contributed by atoms with Crippen molar-refractivity contribution >= 4 is 10.0 Å². The van der Waals surface area contributed by atoms with Crippen LogP contribution in [0.3, 0.4) is 0 Å². The van der Waals surface area contributed by atoms with Crippen molar-refractivity contribution in [2.75, 3.05) is 6.61 Å². The molecule has 5 nitrogen and oxygen atoms in total. The number of halogens is 1. The van der Waals surface area contributed by atoms with E-state index in [1.807, 2.05) is 31.2 Å². The Morgan fingerprint density at radius 1 is 1.14 bits per heavy atom. The van der Waals surface area contributed by atoms with Gasteiger partial charge in [0.15, 0.2) is 0 Å². The van der Waals surface area contributed by atoms with Crippen molar-refractivity contribution in [1.29, 1.82) is 0 Å². The highest BCUT2D eigenvalue weighted by Crippen LogP contribution is 2.34. The zero-order valence-electron chi connectivity index (χ0n) is 17.0. The van der Waals surface area contributed by atoms with Gasteiger partial charge in [-0.25, -0.2) is 17.5 Å². The second kappa shape index (κ2) is 9.13. The van der Waals surface area contributed by atoms with Gasteiger partial charge < -0.3 is 9.47 Å². The number of para-hydroxylation sites is 1. The van der Waals surface area contributed by atoms with E-state index in [0.717, 1.165) is 12.8 Å². The number of nitrogens with one attached hydrogen (secondary N) is 1. The van der Waals surface area contributed by atoms with Gasteiger partial charge in [-0.2, -0.15) is 0 Å². The lowest BCUT2D eigenvalue weighted by molar-refractivity contribution is 0.184. The van der Waals surface area contributed by atoms with Gasteiger partial charge in [-0.05, 0) is 58.2 Å². The Morgan fingerprint density at radius 3 is 2.59 bits per heavy atom. The molecule has 0 radical (unpaired) electrons. The molecule has 1 aliphatic rings. The lowest BCUT2D eigenvalue weighted by Crippen LogP contribution is -2.44. The first-order chi connectivity index (χ1) is 13.8. The number of sulfonamides is 1. The summed E-state index contributed by atoms with van der Waals surface area (Å²) in [4.78, 5) is 0. The molecule has 0 heterocycles. The molecule has 1 N–H and O–H groups in total. The quantitative estimate of drug-likeness (QED) is 0.681. The molecule has 7 heteroatoms. The van der Waals surface area contributed by atoms with E-state index >= 15 is 0 Å². The monoisotopic (exact) mass is 421 g/mol. The molecule has 158 valence electrons. The largest absolute Gasteiger partial charge is 0.493 e. The van der Waals surface area contributed by atoms with Crippen molar-refractivity contribution in [1.82, 2.24) is 4.72 Å². The van der Waals surface area contributed by atoms with Crippen molar-refractivity contribution in [3.63, 3.8) is 0 Å². The molecule has 0 aromatic heterocycles. The fraction of sp³-hybridized carbons (Fsp3) is 0.455. The summed E-state index contributed by atoms with van der Waals surface area (Å²) in [6.07, 6.45) is 1.98. The molecule has 0 saturated heterocycles. The van der Waals surface area contributed by atoms with Crippen LogP contribution in [0.5, 0.6) is 11.5 Å². The van der Waals surface area contributed by atoms with Gasteiger partial charge in [-0.1, -0.05) is 18.2 Å². The average molecular weight is 422 g/mol. The fourth-order valence-electron chi connectivity index (χ4n) is 3.48. The third-order valence-corrected chi connectivity index (χ3v) is 6.97. The maximum absolute atomic E-state index is 14.9. The Bertz CT molecular complexity index is 946. The topological polar surface area (TPSA) is 64.6 Å². The summed E-state index contributed by atoms with van der Waals surface area (Å²) < 4.78 is 53.5. The molecular formula is C22H28FNO4S. The van der Waals surface area contributed by atoms with Crippen LogP contribution >= 0.6 is 0 Å². The van der Waals surface area contributed by atoms with Gasteiger partial charge in [-0.15, -0.1) is 0 Å². The molecule has 1 aliphatic carbocycles. The molecule has 1 saturated carbocycles. The van der Waals surface area contributed by atoms with E-state index in [0.29, 0.717) is 35.7 Å². The van der Waals surface area contributed by atoms with Gasteiger partial charge in [0.05, 0.1) is 17.9 Å². The van der Waals surface area contributed by atoms with Crippen LogP contribution in [0.4, 0.5) is 4.39 Å². The predicted molar refractivity (Wildman–Crippen MR) is 112 cm³/mol. The normalized spacial score (nSPS) is 19.5. The zero-order chi connectivity index (χ0) is 21.0. The van der Waals surface area contributed by atoms with E-state index < -0.39 is 21.1 Å². The molecule has 2 aromatic carbocycles. The van der Waals surface area contributed by atoms with Crippen LogP contribution < -0.4 is 14.2 Å². The first-order valence-corrected chi connectivity index (χ1v) is 11.6. The molecule has 2 atom stereocenters. The molecule has 1 fully saturated rings. The molecule has 2 unspecified atom stereocenters. The van der Waals surface area contributed by atoms with Crippen molar-refractivity contribution in [3.05, 3.63) is 48.3 Å². The van der Waals surface area contributed by atoms with E-state index in [4.69, 9.17) is 9.47 Å². The summed E-state index contributed by atoms with van der Waals surface area (Å²) in [5.74, 6) is 0.606. The van der Waals surface area contributed by atoms with E-state index in [1.54, 1.807) is 26.0 Å². The summed E-state index contributed by atoms with van der Waals surface area (Å²) in [6.45, 7) is 5.66. The van der Waals surface area contributed by atoms with Crippen molar-refractivity contribution in [3.8, 4) is 22.6 Å². The van der Waals surface area contributed by atoms with E-state index in [2.05, 4.69) is 4.72 Å². The average Bonchev–Trinajstić information content (AvgIpc) is 3.09. The number of benzene rings is 2. The van der Waals surface area contributed by atoms with Crippen LogP contribution in [0.1, 0.15) is 40.0 Å². The van der Waals surface area contributed by atoms with Crippen molar-refractivity contribution in [2.24, 2.45) is 0 Å². The molecule has 0 aliphatic heterocycles. The minimum Gasteiger partial charge on any atom is -0.493 e. The standard InChI is InChI=1S/C22H28FNO4S/c1-4-27-21-10-6-5-8-18(21)17-13-12-16(14-19(17)23)28-22-11-7-9-20(22)24-29(25,26)15(2)3/h5-6,8,10,12-15,20,22,24H,4,7,9,11H2,1-3H3. The Kier molecular flexibility index (Phi) is 6.80. The maximum atomic E-state index is 14.9. The van der Waals surface area contributed by atoms with Gasteiger partial charge >= 0.3 is 0 Å². The van der Waals surface area contributed by atoms with E-state index in [9.17, 15) is 12.8 Å². The first kappa shape index (κ1) is 21.6. The number of hydrogen-bond acceptors (Lipinski definition) is 4. The Labute approximate surface area is 172 Å². The molecule has 3 rings (SSSR count). The van der Waals surface area contributed by atoms with Crippen molar-refractivity contribution in [2.45, 2.75) is 57.4 Å². The van der Waals surface area contributed by atoms with Crippen LogP contribution in [-0.2, 0) is 10.0 Å². The third-order valence-electron chi connectivity index (χ3n) is 5.09. The molecule has 0 amide bonds. The number of rotatable bonds is 8. The lowest BCUT2D eigenvalue weighted by Gasteiger charge is -2.23. The summed E-state index contributed by atoms with van der Waals surface area (Å²) >= 11 is 0. The highest BCUT2D eigenvalue weighted by molar-refractivity contribution is 7.90. The van der Waals surface area contributed by atoms with Gasteiger partial charge in [0, 0.05) is 17.2 Å². The lowest BCUT2D eigenvalue weighted by atomic mass is 10.0. The Balaban J connectivity index is 1.77. The molecule has 2 aromatic rings. The Morgan fingerprint density at radius 2 is 1.90 bits per heavy atom. The molecule has 0 spiro atoms. The third kappa shape index (κ3) is 5.08. The highest BCUT2D eigenvalue weighted by Gasteiger charge is 2.33. The van der Waals surface area contributed by atoms with E-state index in [1.165, 1.54) is 6.07 Å². The predicted octanol–water partition coefficient (Wildman–Crippen LogP) is 4.52. The van der Waals surface area contributed by atoms with Crippen LogP contribution in [-0.4, -0.2) is 32.4 Å². The fourth-order valence-corrected chi connectivity index (χ4v) is 4.45. The van der Waals surface area contributed by atoms with Crippen LogP contribution in [0.15, 0.2) is 42.5 Å². The zero-order valence-corrected chi connectivity index (χ0v) is 17.8. The summed E-state index contributed by atoms with van der Waals surface area (Å²) in [5.41, 5.74) is 1.12. The maximum Gasteiger partial charge on any atom is 0.214 e. The second-order valence-electron chi connectivity index (χ2n) is 7.48. The van der Waals surface area contributed by atoms with Gasteiger partial charge in [-0.3, -0.25) is 0 Å². The second-order valence-corrected chi connectivity index (χ2v) is 9.74. The minimum absolute atomic E-state index is 0.302.